The minimum atomic E-state index is -0.577. The summed E-state index contributed by atoms with van der Waals surface area (Å²) in [5.41, 5.74) is 1.15. The number of ether oxygens (including phenoxy) is 2. The summed E-state index contributed by atoms with van der Waals surface area (Å²) >= 11 is 0. The molecule has 3 atom stereocenters. The fraction of sp³-hybridized carbons (Fsp3) is 0.562. The molecule has 0 aliphatic carbocycles. The third kappa shape index (κ3) is 3.81. The van der Waals surface area contributed by atoms with Crippen molar-refractivity contribution in [1.29, 1.82) is 0 Å². The van der Waals surface area contributed by atoms with Crippen LogP contribution in [0.1, 0.15) is 31.7 Å². The largest absolute Gasteiger partial charge is 0.461 e. The lowest BCUT2D eigenvalue weighted by Gasteiger charge is -2.37. The number of hydrogen-bond donors (Lipinski definition) is 1. The minimum Gasteiger partial charge on any atom is -0.461 e. The standard InChI is InChI=1S/C16H22O4/c1-2-13(17)15-14(20-16(15)18)9-6-10-19-11-12-7-4-3-5-8-12/h3-5,7-8,13-15,17H,2,6,9-11H2,1H3/t13-,14-,15-/m1/s1. The van der Waals surface area contributed by atoms with Gasteiger partial charge in [-0.2, -0.15) is 0 Å². The third-order valence-electron chi connectivity index (χ3n) is 3.66. The number of esters is 1. The summed E-state index contributed by atoms with van der Waals surface area (Å²) < 4.78 is 10.7. The fourth-order valence-corrected chi connectivity index (χ4v) is 2.43. The maximum Gasteiger partial charge on any atom is 0.315 e. The van der Waals surface area contributed by atoms with E-state index in [4.69, 9.17) is 9.47 Å². The van der Waals surface area contributed by atoms with Crippen LogP contribution in [-0.4, -0.2) is 29.9 Å². The van der Waals surface area contributed by atoms with Gasteiger partial charge in [-0.15, -0.1) is 0 Å². The quantitative estimate of drug-likeness (QED) is 0.585. The number of carbonyl (C=O) groups excluding carboxylic acids is 1. The summed E-state index contributed by atoms with van der Waals surface area (Å²) in [5.74, 6) is -0.608. The van der Waals surface area contributed by atoms with Crippen molar-refractivity contribution >= 4 is 5.97 Å². The normalized spacial score (nSPS) is 23.0. The molecule has 1 N–H and O–H groups in total. The average Bonchev–Trinajstić information content (AvgIpc) is 2.46. The monoisotopic (exact) mass is 278 g/mol. The molecule has 1 saturated heterocycles. The molecule has 0 bridgehead atoms. The van der Waals surface area contributed by atoms with Gasteiger partial charge < -0.3 is 14.6 Å². The Balaban J connectivity index is 1.61. The van der Waals surface area contributed by atoms with Gasteiger partial charge in [0.2, 0.25) is 0 Å². The van der Waals surface area contributed by atoms with Crippen LogP contribution < -0.4 is 0 Å². The van der Waals surface area contributed by atoms with Crippen molar-refractivity contribution < 1.29 is 19.4 Å². The van der Waals surface area contributed by atoms with Crippen LogP contribution in [0.3, 0.4) is 0 Å². The van der Waals surface area contributed by atoms with E-state index in [9.17, 15) is 9.90 Å². The summed E-state index contributed by atoms with van der Waals surface area (Å²) in [5, 5.41) is 9.74. The number of aliphatic hydroxyl groups is 1. The van der Waals surface area contributed by atoms with Gasteiger partial charge in [0.1, 0.15) is 12.0 Å². The lowest BCUT2D eigenvalue weighted by atomic mass is 9.87. The summed E-state index contributed by atoms with van der Waals surface area (Å²) in [4.78, 5) is 11.3. The Morgan fingerprint density at radius 3 is 2.75 bits per heavy atom. The molecule has 20 heavy (non-hydrogen) atoms. The second-order valence-electron chi connectivity index (χ2n) is 5.16. The summed E-state index contributed by atoms with van der Waals surface area (Å²) in [6, 6.07) is 10.0. The number of cyclic esters (lactones) is 1. The molecule has 0 saturated carbocycles. The zero-order valence-electron chi connectivity index (χ0n) is 11.8. The average molecular weight is 278 g/mol. The van der Waals surface area contributed by atoms with E-state index in [2.05, 4.69) is 0 Å². The van der Waals surface area contributed by atoms with Crippen LogP contribution in [0.15, 0.2) is 30.3 Å². The van der Waals surface area contributed by atoms with Crippen molar-refractivity contribution in [2.75, 3.05) is 6.61 Å². The molecule has 2 rings (SSSR count). The molecule has 4 heteroatoms. The van der Waals surface area contributed by atoms with Crippen molar-refractivity contribution in [3.63, 3.8) is 0 Å². The Hall–Kier alpha value is -1.39. The van der Waals surface area contributed by atoms with Crippen LogP contribution in [0.5, 0.6) is 0 Å². The molecule has 4 nitrogen and oxygen atoms in total. The Morgan fingerprint density at radius 1 is 1.35 bits per heavy atom. The van der Waals surface area contributed by atoms with Crippen molar-refractivity contribution in [1.82, 2.24) is 0 Å². The molecule has 1 aliphatic heterocycles. The van der Waals surface area contributed by atoms with E-state index in [1.807, 2.05) is 37.3 Å². The highest BCUT2D eigenvalue weighted by Crippen LogP contribution is 2.30. The Morgan fingerprint density at radius 2 is 2.10 bits per heavy atom. The summed E-state index contributed by atoms with van der Waals surface area (Å²) in [6.07, 6.45) is 1.45. The Labute approximate surface area is 119 Å². The van der Waals surface area contributed by atoms with Crippen molar-refractivity contribution in [2.24, 2.45) is 5.92 Å². The summed E-state index contributed by atoms with van der Waals surface area (Å²) in [6.45, 7) is 3.11. The van der Waals surface area contributed by atoms with Crippen LogP contribution in [0.4, 0.5) is 0 Å². The molecule has 1 heterocycles. The highest BCUT2D eigenvalue weighted by atomic mass is 16.6. The number of rotatable bonds is 8. The van der Waals surface area contributed by atoms with Crippen molar-refractivity contribution in [2.45, 2.75) is 45.0 Å². The molecule has 110 valence electrons. The van der Waals surface area contributed by atoms with Gasteiger partial charge in [0, 0.05) is 6.61 Å². The van der Waals surface area contributed by atoms with Crippen LogP contribution in [-0.2, 0) is 20.9 Å². The molecule has 1 fully saturated rings. The lowest BCUT2D eigenvalue weighted by molar-refractivity contribution is -0.196. The van der Waals surface area contributed by atoms with Crippen LogP contribution in [0.25, 0.3) is 0 Å². The molecule has 1 aromatic rings. The first kappa shape index (κ1) is 15.0. The van der Waals surface area contributed by atoms with E-state index in [1.54, 1.807) is 0 Å². The second kappa shape index (κ2) is 7.41. The summed E-state index contributed by atoms with van der Waals surface area (Å²) in [7, 11) is 0. The predicted octanol–water partition coefficient (Wildman–Crippen LogP) is 2.30. The first-order valence-corrected chi connectivity index (χ1v) is 7.22. The maximum absolute atomic E-state index is 11.3. The Bertz CT molecular complexity index is 418. The number of aliphatic hydroxyl groups excluding tert-OH is 1. The molecular weight excluding hydrogens is 256 g/mol. The van der Waals surface area contributed by atoms with E-state index in [0.717, 1.165) is 18.4 Å². The van der Waals surface area contributed by atoms with Crippen molar-refractivity contribution in [3.05, 3.63) is 35.9 Å². The van der Waals surface area contributed by atoms with Crippen LogP contribution in [0, 0.1) is 5.92 Å². The lowest BCUT2D eigenvalue weighted by Crippen LogP contribution is -2.51. The third-order valence-corrected chi connectivity index (χ3v) is 3.66. The fourth-order valence-electron chi connectivity index (χ4n) is 2.43. The van der Waals surface area contributed by atoms with E-state index in [1.165, 1.54) is 0 Å². The van der Waals surface area contributed by atoms with Gasteiger partial charge in [-0.3, -0.25) is 4.79 Å². The van der Waals surface area contributed by atoms with E-state index >= 15 is 0 Å². The first-order valence-electron chi connectivity index (χ1n) is 7.22. The van der Waals surface area contributed by atoms with Gasteiger partial charge in [-0.25, -0.2) is 0 Å². The molecule has 0 unspecified atom stereocenters. The zero-order valence-corrected chi connectivity index (χ0v) is 11.8. The number of hydrogen-bond acceptors (Lipinski definition) is 4. The SMILES string of the molecule is CC[C@@H](O)[C@H]1C(=O)O[C@@H]1CCCOCc1ccccc1. The molecular formula is C16H22O4. The van der Waals surface area contributed by atoms with Crippen LogP contribution in [0.2, 0.25) is 0 Å². The molecule has 0 amide bonds. The smallest absolute Gasteiger partial charge is 0.315 e. The predicted molar refractivity (Wildman–Crippen MR) is 75.0 cm³/mol. The topological polar surface area (TPSA) is 55.8 Å². The Kier molecular flexibility index (Phi) is 5.56. The number of benzene rings is 1. The molecule has 0 spiro atoms. The second-order valence-corrected chi connectivity index (χ2v) is 5.16. The maximum atomic E-state index is 11.3. The zero-order chi connectivity index (χ0) is 14.4. The molecule has 1 aliphatic rings. The van der Waals surface area contributed by atoms with Gasteiger partial charge in [0.05, 0.1) is 12.7 Å². The minimum absolute atomic E-state index is 0.141. The highest BCUT2D eigenvalue weighted by Gasteiger charge is 2.45. The van der Waals surface area contributed by atoms with E-state index < -0.39 is 6.10 Å². The molecule has 0 aromatic heterocycles. The van der Waals surface area contributed by atoms with Gasteiger partial charge in [-0.05, 0) is 24.8 Å². The highest BCUT2D eigenvalue weighted by molar-refractivity contribution is 5.79. The molecule has 0 radical (unpaired) electrons. The van der Waals surface area contributed by atoms with Gasteiger partial charge in [-0.1, -0.05) is 37.3 Å². The van der Waals surface area contributed by atoms with E-state index in [0.29, 0.717) is 19.6 Å². The number of carbonyl (C=O) groups is 1. The van der Waals surface area contributed by atoms with Gasteiger partial charge in [0.25, 0.3) is 0 Å². The van der Waals surface area contributed by atoms with Gasteiger partial charge >= 0.3 is 5.97 Å². The molecule has 1 aromatic carbocycles. The first-order chi connectivity index (χ1) is 9.72. The van der Waals surface area contributed by atoms with Crippen molar-refractivity contribution in [3.8, 4) is 0 Å². The van der Waals surface area contributed by atoms with E-state index in [-0.39, 0.29) is 18.0 Å². The van der Waals surface area contributed by atoms with Crippen LogP contribution >= 0.6 is 0 Å². The van der Waals surface area contributed by atoms with Gasteiger partial charge in [0.15, 0.2) is 0 Å².